The van der Waals surface area contributed by atoms with Crippen LogP contribution in [0.3, 0.4) is 0 Å². The van der Waals surface area contributed by atoms with Gasteiger partial charge in [0, 0.05) is 22.5 Å². The maximum absolute atomic E-state index is 13.0. The van der Waals surface area contributed by atoms with E-state index in [-0.39, 0.29) is 11.0 Å². The molecule has 0 saturated carbocycles. The molecular formula is C31H28O6S. The summed E-state index contributed by atoms with van der Waals surface area (Å²) in [6, 6.07) is 18.6. The summed E-state index contributed by atoms with van der Waals surface area (Å²) in [7, 11) is 0. The number of unbranched alkanes of at least 4 members (excludes halogenated alkanes) is 1. The molecule has 7 heteroatoms. The molecule has 3 aromatic carbocycles. The van der Waals surface area contributed by atoms with Crippen molar-refractivity contribution in [2.75, 3.05) is 13.2 Å². The highest BCUT2D eigenvalue weighted by Crippen LogP contribution is 2.46. The average molecular weight is 529 g/mol. The van der Waals surface area contributed by atoms with Gasteiger partial charge in [-0.3, -0.25) is 4.79 Å². The van der Waals surface area contributed by atoms with Crippen molar-refractivity contribution in [1.29, 1.82) is 0 Å². The summed E-state index contributed by atoms with van der Waals surface area (Å²) in [5.74, 6) is 0.00651. The van der Waals surface area contributed by atoms with Crippen molar-refractivity contribution in [2.45, 2.75) is 30.6 Å². The lowest BCUT2D eigenvalue weighted by molar-refractivity contribution is -0.137. The number of fused-ring (bicyclic) bond motifs is 3. The molecule has 38 heavy (non-hydrogen) atoms. The van der Waals surface area contributed by atoms with Crippen molar-refractivity contribution in [3.8, 4) is 16.9 Å². The van der Waals surface area contributed by atoms with Crippen LogP contribution in [0.1, 0.15) is 57.5 Å². The first-order valence-electron chi connectivity index (χ1n) is 12.3. The van der Waals surface area contributed by atoms with Gasteiger partial charge in [-0.15, -0.1) is 0 Å². The highest BCUT2D eigenvalue weighted by molar-refractivity contribution is 8.14. The molecule has 1 unspecified atom stereocenters. The third-order valence-electron chi connectivity index (χ3n) is 6.24. The molecule has 0 aliphatic heterocycles. The van der Waals surface area contributed by atoms with Crippen molar-refractivity contribution in [2.24, 2.45) is 0 Å². The van der Waals surface area contributed by atoms with Gasteiger partial charge in [0.25, 0.3) is 0 Å². The Kier molecular flexibility index (Phi) is 8.81. The van der Waals surface area contributed by atoms with Crippen molar-refractivity contribution >= 4 is 28.8 Å². The van der Waals surface area contributed by atoms with E-state index >= 15 is 0 Å². The molecule has 1 aliphatic rings. The van der Waals surface area contributed by atoms with E-state index in [4.69, 9.17) is 14.2 Å². The molecule has 0 aromatic heterocycles. The average Bonchev–Trinajstić information content (AvgIpc) is 3.21. The Bertz CT molecular complexity index is 1380. The lowest BCUT2D eigenvalue weighted by Crippen LogP contribution is -2.04. The fourth-order valence-corrected chi connectivity index (χ4v) is 5.02. The predicted molar refractivity (Wildman–Crippen MR) is 148 cm³/mol. The number of esters is 2. The summed E-state index contributed by atoms with van der Waals surface area (Å²) in [6.45, 7) is 9.76. The molecule has 3 aromatic rings. The molecule has 0 amide bonds. The number of carbonyl (C=O) groups is 3. The lowest BCUT2D eigenvalue weighted by Gasteiger charge is -2.11. The smallest absolute Gasteiger partial charge is 0.342 e. The van der Waals surface area contributed by atoms with Gasteiger partial charge < -0.3 is 14.2 Å². The summed E-state index contributed by atoms with van der Waals surface area (Å²) in [4.78, 5) is 36.6. The molecule has 0 radical (unpaired) electrons. The van der Waals surface area contributed by atoms with Gasteiger partial charge in [-0.25, -0.2) is 9.59 Å². The third-order valence-corrected chi connectivity index (χ3v) is 7.17. The summed E-state index contributed by atoms with van der Waals surface area (Å²) in [5, 5.41) is -0.0693. The first kappa shape index (κ1) is 26.9. The Morgan fingerprint density at radius 3 is 2.24 bits per heavy atom. The zero-order valence-corrected chi connectivity index (χ0v) is 21.9. The van der Waals surface area contributed by atoms with Gasteiger partial charge in [0.2, 0.25) is 5.12 Å². The molecule has 0 spiro atoms. The number of carbonyl (C=O) groups excluding carboxylic acids is 3. The van der Waals surface area contributed by atoms with E-state index < -0.39 is 11.9 Å². The van der Waals surface area contributed by atoms with E-state index in [1.165, 1.54) is 0 Å². The molecule has 0 heterocycles. The Morgan fingerprint density at radius 1 is 0.868 bits per heavy atom. The minimum Gasteiger partial charge on any atom is -0.494 e. The van der Waals surface area contributed by atoms with Gasteiger partial charge in [0.05, 0.1) is 25.0 Å². The van der Waals surface area contributed by atoms with Crippen molar-refractivity contribution in [1.82, 2.24) is 0 Å². The van der Waals surface area contributed by atoms with Crippen LogP contribution >= 0.6 is 11.8 Å². The first-order chi connectivity index (χ1) is 18.4. The molecule has 0 fully saturated rings. The van der Waals surface area contributed by atoms with Crippen molar-refractivity contribution < 1.29 is 28.6 Å². The highest BCUT2D eigenvalue weighted by atomic mass is 32.2. The van der Waals surface area contributed by atoms with Crippen LogP contribution in [0.15, 0.2) is 91.1 Å². The molecule has 1 atom stereocenters. The van der Waals surface area contributed by atoms with E-state index in [2.05, 4.69) is 32.2 Å². The summed E-state index contributed by atoms with van der Waals surface area (Å²) < 4.78 is 15.7. The van der Waals surface area contributed by atoms with Crippen LogP contribution in [0.2, 0.25) is 0 Å². The Balaban J connectivity index is 1.38. The van der Waals surface area contributed by atoms with Crippen LogP contribution in [0.4, 0.5) is 0 Å². The summed E-state index contributed by atoms with van der Waals surface area (Å²) in [6.07, 6.45) is 3.72. The molecule has 4 rings (SSSR count). The minimum absolute atomic E-state index is 0.0693. The number of ether oxygens (including phenoxy) is 3. The molecule has 0 N–H and O–H groups in total. The Labute approximate surface area is 226 Å². The minimum atomic E-state index is -0.491. The normalized spacial score (nSPS) is 13.1. The molecule has 1 aliphatic carbocycles. The maximum atomic E-state index is 13.0. The predicted octanol–water partition coefficient (Wildman–Crippen LogP) is 6.94. The summed E-state index contributed by atoms with van der Waals surface area (Å²) in [5.41, 5.74) is 5.55. The fraction of sp³-hybridized carbons (Fsp3) is 0.194. The van der Waals surface area contributed by atoms with Gasteiger partial charge in [-0.1, -0.05) is 32.2 Å². The van der Waals surface area contributed by atoms with Crippen LogP contribution in [0.5, 0.6) is 5.75 Å². The van der Waals surface area contributed by atoms with Crippen LogP contribution in [0, 0.1) is 0 Å². The zero-order valence-electron chi connectivity index (χ0n) is 21.1. The number of hydrogen-bond acceptors (Lipinski definition) is 7. The molecule has 0 saturated heterocycles. The molecule has 0 bridgehead atoms. The van der Waals surface area contributed by atoms with E-state index in [0.717, 1.165) is 63.4 Å². The topological polar surface area (TPSA) is 78.9 Å². The van der Waals surface area contributed by atoms with Crippen LogP contribution in [-0.4, -0.2) is 30.3 Å². The van der Waals surface area contributed by atoms with Gasteiger partial charge in [0.1, 0.15) is 5.75 Å². The van der Waals surface area contributed by atoms with Gasteiger partial charge in [0.15, 0.2) is 0 Å². The number of hydrogen-bond donors (Lipinski definition) is 0. The number of thioether (sulfide) groups is 1. The SMILES string of the molecule is C=COC(=O)c1ccc(SC(=O)c2ccc3c(c2)C(C)c2cc(OCCCCOC(=O)C=C)ccc2-3)cc1. The fourth-order valence-electron chi connectivity index (χ4n) is 4.29. The van der Waals surface area contributed by atoms with E-state index in [0.29, 0.717) is 30.8 Å². The second kappa shape index (κ2) is 12.4. The molecular weight excluding hydrogens is 500 g/mol. The van der Waals surface area contributed by atoms with E-state index in [9.17, 15) is 14.4 Å². The van der Waals surface area contributed by atoms with E-state index in [1.807, 2.05) is 24.3 Å². The first-order valence-corrected chi connectivity index (χ1v) is 13.1. The maximum Gasteiger partial charge on any atom is 0.342 e. The van der Waals surface area contributed by atoms with Crippen molar-refractivity contribution in [3.05, 3.63) is 108 Å². The van der Waals surface area contributed by atoms with Crippen molar-refractivity contribution in [3.63, 3.8) is 0 Å². The second-order valence-electron chi connectivity index (χ2n) is 8.69. The summed E-state index contributed by atoms with van der Waals surface area (Å²) >= 11 is 1.12. The number of benzene rings is 3. The Morgan fingerprint density at radius 2 is 1.53 bits per heavy atom. The monoisotopic (exact) mass is 528 g/mol. The van der Waals surface area contributed by atoms with E-state index in [1.54, 1.807) is 24.3 Å². The standard InChI is InChI=1S/C31H28O6S/c1-4-29(32)37-17-7-6-16-36-23-11-15-26-25-14-10-22(18-27(25)20(3)28(26)19-23)31(34)38-24-12-8-21(9-13-24)30(33)35-5-2/h4-5,8-15,18-20H,1-2,6-7,16-17H2,3H3. The van der Waals surface area contributed by atoms with Crippen LogP contribution < -0.4 is 4.74 Å². The third kappa shape index (κ3) is 6.23. The van der Waals surface area contributed by atoms with Gasteiger partial charge >= 0.3 is 11.9 Å². The van der Waals surface area contributed by atoms with Gasteiger partial charge in [-0.05, 0) is 95.4 Å². The molecule has 194 valence electrons. The van der Waals surface area contributed by atoms with Gasteiger partial charge in [-0.2, -0.15) is 0 Å². The second-order valence-corrected chi connectivity index (χ2v) is 9.73. The largest absolute Gasteiger partial charge is 0.494 e. The quantitative estimate of drug-likeness (QED) is 0.0877. The lowest BCUT2D eigenvalue weighted by atomic mass is 9.98. The number of rotatable bonds is 11. The highest BCUT2D eigenvalue weighted by Gasteiger charge is 2.27. The van der Waals surface area contributed by atoms with Crippen LogP contribution in [-0.2, 0) is 14.3 Å². The van der Waals surface area contributed by atoms with Crippen LogP contribution in [0.25, 0.3) is 11.1 Å². The Hall–Kier alpha value is -4.10. The zero-order chi connectivity index (χ0) is 27.1. The molecule has 6 nitrogen and oxygen atoms in total.